The fourth-order valence-corrected chi connectivity index (χ4v) is 2.44. The molecule has 2 rings (SSSR count). The molecule has 0 saturated carbocycles. The highest BCUT2D eigenvalue weighted by Crippen LogP contribution is 2.28. The van der Waals surface area contributed by atoms with Gasteiger partial charge in [0.25, 0.3) is 5.91 Å². The predicted octanol–water partition coefficient (Wildman–Crippen LogP) is 1.53. The maximum Gasteiger partial charge on any atom is 0.325 e. The first-order valence-electron chi connectivity index (χ1n) is 7.72. The molecule has 1 aliphatic rings. The molecule has 6 heteroatoms. The minimum absolute atomic E-state index is 0.265. The first kappa shape index (κ1) is 17.0. The van der Waals surface area contributed by atoms with E-state index in [2.05, 4.69) is 10.6 Å². The van der Waals surface area contributed by atoms with Crippen molar-refractivity contribution in [3.05, 3.63) is 35.4 Å². The van der Waals surface area contributed by atoms with Crippen molar-refractivity contribution in [1.29, 1.82) is 0 Å². The zero-order valence-corrected chi connectivity index (χ0v) is 14.0. The summed E-state index contributed by atoms with van der Waals surface area (Å²) < 4.78 is 0. The highest BCUT2D eigenvalue weighted by atomic mass is 16.2. The van der Waals surface area contributed by atoms with Gasteiger partial charge in [-0.3, -0.25) is 14.5 Å². The second kappa shape index (κ2) is 6.40. The number of carbonyl (C=O) groups is 3. The number of benzene rings is 1. The van der Waals surface area contributed by atoms with Gasteiger partial charge in [-0.05, 0) is 25.3 Å². The van der Waals surface area contributed by atoms with Gasteiger partial charge in [-0.2, -0.15) is 0 Å². The lowest BCUT2D eigenvalue weighted by Crippen LogP contribution is -2.43. The van der Waals surface area contributed by atoms with Crippen LogP contribution in [0, 0.1) is 12.8 Å². The van der Waals surface area contributed by atoms with Gasteiger partial charge >= 0.3 is 6.03 Å². The second-order valence-corrected chi connectivity index (χ2v) is 6.51. The highest BCUT2D eigenvalue weighted by Gasteiger charge is 2.49. The van der Waals surface area contributed by atoms with Crippen LogP contribution in [0.3, 0.4) is 0 Å². The Bertz CT molecular complexity index is 624. The average Bonchev–Trinajstić information content (AvgIpc) is 2.70. The van der Waals surface area contributed by atoms with E-state index in [9.17, 15) is 14.4 Å². The van der Waals surface area contributed by atoms with Crippen LogP contribution < -0.4 is 10.6 Å². The van der Waals surface area contributed by atoms with Crippen LogP contribution in [0.15, 0.2) is 24.3 Å². The molecule has 2 N–H and O–H groups in total. The SMILES string of the molecule is Cc1ccc([C@@]2(C)NC(=O)N(CC(=O)NCC(C)C)C2=O)cc1. The van der Waals surface area contributed by atoms with Crippen molar-refractivity contribution >= 4 is 17.8 Å². The molecule has 0 radical (unpaired) electrons. The minimum Gasteiger partial charge on any atom is -0.354 e. The van der Waals surface area contributed by atoms with Crippen LogP contribution in [-0.2, 0) is 15.1 Å². The summed E-state index contributed by atoms with van der Waals surface area (Å²) in [4.78, 5) is 37.7. The maximum absolute atomic E-state index is 12.7. The number of nitrogens with one attached hydrogen (secondary N) is 2. The third kappa shape index (κ3) is 3.52. The van der Waals surface area contributed by atoms with Crippen molar-refractivity contribution in [1.82, 2.24) is 15.5 Å². The first-order chi connectivity index (χ1) is 10.7. The Morgan fingerprint density at radius 1 is 1.26 bits per heavy atom. The molecule has 1 saturated heterocycles. The number of rotatable bonds is 5. The van der Waals surface area contributed by atoms with Crippen LogP contribution >= 0.6 is 0 Å². The molecule has 0 aromatic heterocycles. The number of carbonyl (C=O) groups excluding carboxylic acids is 3. The summed E-state index contributed by atoms with van der Waals surface area (Å²) >= 11 is 0. The number of urea groups is 1. The number of aryl methyl sites for hydroxylation is 1. The molecule has 0 unspecified atom stereocenters. The van der Waals surface area contributed by atoms with Crippen LogP contribution in [0.5, 0.6) is 0 Å². The van der Waals surface area contributed by atoms with E-state index in [-0.39, 0.29) is 12.5 Å². The molecule has 1 atom stereocenters. The van der Waals surface area contributed by atoms with Gasteiger partial charge in [0.15, 0.2) is 0 Å². The zero-order chi connectivity index (χ0) is 17.2. The Morgan fingerprint density at radius 2 is 1.87 bits per heavy atom. The van der Waals surface area contributed by atoms with Crippen molar-refractivity contribution in [2.24, 2.45) is 5.92 Å². The summed E-state index contributed by atoms with van der Waals surface area (Å²) in [5.74, 6) is -0.443. The molecular formula is C17H23N3O3. The maximum atomic E-state index is 12.7. The van der Waals surface area contributed by atoms with Crippen molar-refractivity contribution < 1.29 is 14.4 Å². The Kier molecular flexibility index (Phi) is 4.73. The Labute approximate surface area is 136 Å². The topological polar surface area (TPSA) is 78.5 Å². The van der Waals surface area contributed by atoms with Gasteiger partial charge in [0, 0.05) is 6.54 Å². The van der Waals surface area contributed by atoms with E-state index in [4.69, 9.17) is 0 Å². The van der Waals surface area contributed by atoms with Crippen molar-refractivity contribution in [3.63, 3.8) is 0 Å². The standard InChI is InChI=1S/C17H23N3O3/c1-11(2)9-18-14(21)10-20-15(22)17(4,19-16(20)23)13-7-5-12(3)6-8-13/h5-8,11H,9-10H2,1-4H3,(H,18,21)(H,19,23)/t17-/m1/s1. The lowest BCUT2D eigenvalue weighted by Gasteiger charge is -2.22. The van der Waals surface area contributed by atoms with Crippen LogP contribution in [-0.4, -0.2) is 35.8 Å². The molecule has 0 spiro atoms. The van der Waals surface area contributed by atoms with Gasteiger partial charge in [0.1, 0.15) is 12.1 Å². The monoisotopic (exact) mass is 317 g/mol. The number of amides is 4. The Morgan fingerprint density at radius 3 is 2.43 bits per heavy atom. The fourth-order valence-electron chi connectivity index (χ4n) is 2.44. The van der Waals surface area contributed by atoms with Gasteiger partial charge in [0.2, 0.25) is 5.91 Å². The highest BCUT2D eigenvalue weighted by molar-refractivity contribution is 6.09. The van der Waals surface area contributed by atoms with Gasteiger partial charge in [-0.25, -0.2) is 4.79 Å². The van der Waals surface area contributed by atoms with Crippen molar-refractivity contribution in [3.8, 4) is 0 Å². The largest absolute Gasteiger partial charge is 0.354 e. The summed E-state index contributed by atoms with van der Waals surface area (Å²) in [5, 5.41) is 5.41. The van der Waals surface area contributed by atoms with Gasteiger partial charge in [-0.15, -0.1) is 0 Å². The van der Waals surface area contributed by atoms with Crippen molar-refractivity contribution in [2.75, 3.05) is 13.1 Å². The van der Waals surface area contributed by atoms with Crippen LogP contribution in [0.2, 0.25) is 0 Å². The van der Waals surface area contributed by atoms with E-state index in [0.29, 0.717) is 18.0 Å². The van der Waals surface area contributed by atoms with Crippen molar-refractivity contribution in [2.45, 2.75) is 33.2 Å². The van der Waals surface area contributed by atoms with Gasteiger partial charge in [-0.1, -0.05) is 43.7 Å². The van der Waals surface area contributed by atoms with E-state index in [1.165, 1.54) is 0 Å². The first-order valence-corrected chi connectivity index (χ1v) is 7.72. The lowest BCUT2D eigenvalue weighted by molar-refractivity contribution is -0.134. The molecule has 1 heterocycles. The van der Waals surface area contributed by atoms with E-state index in [1.807, 2.05) is 45.0 Å². The van der Waals surface area contributed by atoms with Crippen LogP contribution in [0.25, 0.3) is 0 Å². The zero-order valence-electron chi connectivity index (χ0n) is 14.0. The Hall–Kier alpha value is -2.37. The van der Waals surface area contributed by atoms with E-state index in [0.717, 1.165) is 10.5 Å². The van der Waals surface area contributed by atoms with Crippen LogP contribution in [0.4, 0.5) is 4.79 Å². The summed E-state index contributed by atoms with van der Waals surface area (Å²) in [7, 11) is 0. The number of hydrogen-bond acceptors (Lipinski definition) is 3. The quantitative estimate of drug-likeness (QED) is 0.809. The number of imide groups is 1. The summed E-state index contributed by atoms with van der Waals surface area (Å²) in [6.07, 6.45) is 0. The summed E-state index contributed by atoms with van der Waals surface area (Å²) in [6.45, 7) is 7.80. The molecule has 1 fully saturated rings. The molecule has 124 valence electrons. The molecule has 0 aliphatic carbocycles. The molecular weight excluding hydrogens is 294 g/mol. The van der Waals surface area contributed by atoms with E-state index < -0.39 is 17.5 Å². The normalized spacial score (nSPS) is 20.8. The van der Waals surface area contributed by atoms with Gasteiger partial charge < -0.3 is 10.6 Å². The predicted molar refractivity (Wildman–Crippen MR) is 86.6 cm³/mol. The van der Waals surface area contributed by atoms with Gasteiger partial charge in [0.05, 0.1) is 0 Å². The minimum atomic E-state index is -1.14. The Balaban J connectivity index is 2.13. The molecule has 1 aliphatic heterocycles. The molecule has 23 heavy (non-hydrogen) atoms. The molecule has 4 amide bonds. The summed E-state index contributed by atoms with van der Waals surface area (Å²) in [6, 6.07) is 6.86. The smallest absolute Gasteiger partial charge is 0.325 e. The number of hydrogen-bond donors (Lipinski definition) is 2. The molecule has 1 aromatic carbocycles. The molecule has 1 aromatic rings. The van der Waals surface area contributed by atoms with E-state index >= 15 is 0 Å². The second-order valence-electron chi connectivity index (χ2n) is 6.51. The van der Waals surface area contributed by atoms with E-state index in [1.54, 1.807) is 6.92 Å². The molecule has 0 bridgehead atoms. The third-order valence-electron chi connectivity index (χ3n) is 3.91. The van der Waals surface area contributed by atoms with Crippen LogP contribution in [0.1, 0.15) is 31.9 Å². The summed E-state index contributed by atoms with van der Waals surface area (Å²) in [5.41, 5.74) is 0.633. The average molecular weight is 317 g/mol. The number of nitrogens with zero attached hydrogens (tertiary/aromatic N) is 1. The fraction of sp³-hybridized carbons (Fsp3) is 0.471. The lowest BCUT2D eigenvalue weighted by atomic mass is 9.91. The molecule has 6 nitrogen and oxygen atoms in total. The third-order valence-corrected chi connectivity index (χ3v) is 3.91.